The van der Waals surface area contributed by atoms with Gasteiger partial charge in [0.15, 0.2) is 0 Å². The predicted octanol–water partition coefficient (Wildman–Crippen LogP) is 4.31. The molecule has 0 spiro atoms. The van der Waals surface area contributed by atoms with Crippen molar-refractivity contribution in [3.63, 3.8) is 0 Å². The first-order valence-electron chi connectivity index (χ1n) is 10.4. The fourth-order valence-corrected chi connectivity index (χ4v) is 4.05. The minimum atomic E-state index is -0.401. The van der Waals surface area contributed by atoms with E-state index < -0.39 is 4.92 Å². The van der Waals surface area contributed by atoms with Gasteiger partial charge < -0.3 is 10.2 Å². The number of aromatic nitrogens is 2. The maximum absolute atomic E-state index is 12.8. The van der Waals surface area contributed by atoms with E-state index in [1.54, 1.807) is 30.7 Å². The third-order valence-electron chi connectivity index (χ3n) is 5.67. The van der Waals surface area contributed by atoms with E-state index in [2.05, 4.69) is 15.3 Å². The van der Waals surface area contributed by atoms with Crippen molar-refractivity contribution >= 4 is 23.0 Å². The summed E-state index contributed by atoms with van der Waals surface area (Å²) in [4.78, 5) is 25.9. The zero-order valence-corrected chi connectivity index (χ0v) is 17.7. The summed E-state index contributed by atoms with van der Waals surface area (Å²) in [6, 6.07) is 15.1. The van der Waals surface area contributed by atoms with Gasteiger partial charge in [0.1, 0.15) is 11.4 Å². The summed E-state index contributed by atoms with van der Waals surface area (Å²) in [6.45, 7) is 5.74. The molecule has 1 aliphatic rings. The molecular formula is C23H25N5O3. The van der Waals surface area contributed by atoms with Crippen molar-refractivity contribution in [1.29, 1.82) is 0 Å². The summed E-state index contributed by atoms with van der Waals surface area (Å²) < 4.78 is 1.62. The molecule has 8 nitrogen and oxygen atoms in total. The molecule has 0 radical (unpaired) electrons. The zero-order valence-electron chi connectivity index (χ0n) is 17.7. The van der Waals surface area contributed by atoms with Crippen LogP contribution >= 0.6 is 0 Å². The molecule has 0 aliphatic carbocycles. The van der Waals surface area contributed by atoms with Crippen LogP contribution in [0.1, 0.15) is 40.2 Å². The number of carbonyl (C=O) groups is 1. The molecule has 0 saturated carbocycles. The van der Waals surface area contributed by atoms with Crippen LogP contribution in [0, 0.1) is 24.0 Å². The number of aryl methyl sites for hydroxylation is 1. The molecule has 0 unspecified atom stereocenters. The highest BCUT2D eigenvalue weighted by molar-refractivity contribution is 6.06. The normalized spacial score (nSPS) is 13.4. The number of hydrogen-bond donors (Lipinski definition) is 1. The van der Waals surface area contributed by atoms with Crippen molar-refractivity contribution in [2.24, 2.45) is 0 Å². The molecule has 1 aliphatic heterocycles. The quantitative estimate of drug-likeness (QED) is 0.475. The predicted molar refractivity (Wildman–Crippen MR) is 120 cm³/mol. The highest BCUT2D eigenvalue weighted by Crippen LogP contribution is 2.29. The Morgan fingerprint density at radius 1 is 1.10 bits per heavy atom. The molecule has 2 heterocycles. The topological polar surface area (TPSA) is 93.3 Å². The van der Waals surface area contributed by atoms with Crippen LogP contribution in [0.25, 0.3) is 0 Å². The maximum atomic E-state index is 12.8. The molecule has 2 aromatic carbocycles. The maximum Gasteiger partial charge on any atom is 0.312 e. The monoisotopic (exact) mass is 419 g/mol. The van der Waals surface area contributed by atoms with Crippen LogP contribution < -0.4 is 10.2 Å². The molecular weight excluding hydrogens is 394 g/mol. The Kier molecular flexibility index (Phi) is 5.70. The van der Waals surface area contributed by atoms with Gasteiger partial charge in [-0.05, 0) is 56.5 Å². The summed E-state index contributed by atoms with van der Waals surface area (Å²) in [5, 5.41) is 18.5. The van der Waals surface area contributed by atoms with E-state index in [9.17, 15) is 14.9 Å². The molecule has 31 heavy (non-hydrogen) atoms. The number of benzene rings is 2. The average molecular weight is 419 g/mol. The van der Waals surface area contributed by atoms with Crippen molar-refractivity contribution in [1.82, 2.24) is 9.78 Å². The molecule has 8 heteroatoms. The second-order valence-corrected chi connectivity index (χ2v) is 7.80. The smallest absolute Gasteiger partial charge is 0.312 e. The first-order valence-corrected chi connectivity index (χ1v) is 10.4. The molecule has 0 atom stereocenters. The van der Waals surface area contributed by atoms with Gasteiger partial charge in [0, 0.05) is 18.7 Å². The lowest BCUT2D eigenvalue weighted by atomic mass is 10.1. The van der Waals surface area contributed by atoms with Gasteiger partial charge in [0.25, 0.3) is 5.91 Å². The first kappa shape index (κ1) is 20.6. The number of carbonyl (C=O) groups excluding carboxylic acids is 1. The van der Waals surface area contributed by atoms with E-state index in [-0.39, 0.29) is 11.6 Å². The number of rotatable bonds is 6. The van der Waals surface area contributed by atoms with Gasteiger partial charge in [-0.3, -0.25) is 19.6 Å². The van der Waals surface area contributed by atoms with Crippen LogP contribution in [-0.4, -0.2) is 33.7 Å². The van der Waals surface area contributed by atoms with Crippen LogP contribution in [0.5, 0.6) is 0 Å². The number of anilines is 2. The van der Waals surface area contributed by atoms with Crippen molar-refractivity contribution in [3.05, 3.63) is 81.2 Å². The zero-order chi connectivity index (χ0) is 22.0. The number of para-hydroxylation sites is 2. The minimum Gasteiger partial charge on any atom is -0.370 e. The van der Waals surface area contributed by atoms with Gasteiger partial charge in [-0.25, -0.2) is 0 Å². The molecule has 4 rings (SSSR count). The number of nitrogens with zero attached hydrogens (tertiary/aromatic N) is 4. The number of nitro groups is 1. The Morgan fingerprint density at radius 3 is 2.42 bits per heavy atom. The number of amides is 1. The highest BCUT2D eigenvalue weighted by Gasteiger charge is 2.22. The average Bonchev–Trinajstić information content (AvgIpc) is 3.37. The fourth-order valence-electron chi connectivity index (χ4n) is 4.05. The number of hydrogen-bond acceptors (Lipinski definition) is 5. The molecule has 1 N–H and O–H groups in total. The van der Waals surface area contributed by atoms with Gasteiger partial charge in [-0.2, -0.15) is 5.10 Å². The Labute approximate surface area is 180 Å². The Morgan fingerprint density at radius 2 is 1.77 bits per heavy atom. The summed E-state index contributed by atoms with van der Waals surface area (Å²) in [6.07, 6.45) is 2.34. The fraction of sp³-hybridized carbons (Fsp3) is 0.304. The van der Waals surface area contributed by atoms with Gasteiger partial charge >= 0.3 is 5.69 Å². The summed E-state index contributed by atoms with van der Waals surface area (Å²) in [5.41, 5.74) is 4.30. The standard InChI is InChI=1S/C23H25N5O3/c1-16-22(28(30)31)17(2)27(25-16)15-18-9-11-19(12-10-18)23(29)24-20-7-3-4-8-21(20)26-13-5-6-14-26/h3-4,7-12H,5-6,13-15H2,1-2H3,(H,24,29). The molecule has 3 aromatic rings. The van der Waals surface area contributed by atoms with Crippen LogP contribution in [0.2, 0.25) is 0 Å². The lowest BCUT2D eigenvalue weighted by Gasteiger charge is -2.21. The molecule has 1 aromatic heterocycles. The van der Waals surface area contributed by atoms with Crippen LogP contribution in [0.3, 0.4) is 0 Å². The minimum absolute atomic E-state index is 0.0488. The van der Waals surface area contributed by atoms with Gasteiger partial charge in [0.05, 0.1) is 22.8 Å². The summed E-state index contributed by atoms with van der Waals surface area (Å²) in [7, 11) is 0. The third kappa shape index (κ3) is 4.28. The Bertz CT molecular complexity index is 1110. The van der Waals surface area contributed by atoms with Crippen molar-refractivity contribution in [3.8, 4) is 0 Å². The van der Waals surface area contributed by atoms with Gasteiger partial charge in [-0.15, -0.1) is 0 Å². The largest absolute Gasteiger partial charge is 0.370 e. The van der Waals surface area contributed by atoms with Crippen LogP contribution in [-0.2, 0) is 6.54 Å². The van der Waals surface area contributed by atoms with E-state index in [4.69, 9.17) is 0 Å². The van der Waals surface area contributed by atoms with Gasteiger partial charge in [0.2, 0.25) is 0 Å². The first-order chi connectivity index (χ1) is 14.9. The molecule has 160 valence electrons. The third-order valence-corrected chi connectivity index (χ3v) is 5.67. The SMILES string of the molecule is Cc1nn(Cc2ccc(C(=O)Nc3ccccc3N3CCCC3)cc2)c(C)c1[N+](=O)[O-]. The van der Waals surface area contributed by atoms with E-state index in [0.29, 0.717) is 23.5 Å². The van der Waals surface area contributed by atoms with Crippen molar-refractivity contribution in [2.75, 3.05) is 23.3 Å². The summed E-state index contributed by atoms with van der Waals surface area (Å²) in [5.74, 6) is -0.167. The van der Waals surface area contributed by atoms with E-state index in [1.165, 1.54) is 12.8 Å². The Hall–Kier alpha value is -3.68. The van der Waals surface area contributed by atoms with E-state index >= 15 is 0 Å². The second-order valence-electron chi connectivity index (χ2n) is 7.80. The molecule has 0 bridgehead atoms. The van der Waals surface area contributed by atoms with E-state index in [1.807, 2.05) is 36.4 Å². The molecule has 1 saturated heterocycles. The number of nitrogens with one attached hydrogen (secondary N) is 1. The van der Waals surface area contributed by atoms with Crippen molar-refractivity contribution < 1.29 is 9.72 Å². The lowest BCUT2D eigenvalue weighted by molar-refractivity contribution is -0.386. The van der Waals surface area contributed by atoms with Crippen LogP contribution in [0.15, 0.2) is 48.5 Å². The highest BCUT2D eigenvalue weighted by atomic mass is 16.6. The van der Waals surface area contributed by atoms with Crippen molar-refractivity contribution in [2.45, 2.75) is 33.2 Å². The Balaban J connectivity index is 1.47. The summed E-state index contributed by atoms with van der Waals surface area (Å²) >= 11 is 0. The molecule has 1 fully saturated rings. The van der Waals surface area contributed by atoms with Gasteiger partial charge in [-0.1, -0.05) is 24.3 Å². The van der Waals surface area contributed by atoms with Crippen LogP contribution in [0.4, 0.5) is 17.1 Å². The second kappa shape index (κ2) is 8.59. The van der Waals surface area contributed by atoms with E-state index in [0.717, 1.165) is 30.0 Å². The molecule has 1 amide bonds. The lowest BCUT2D eigenvalue weighted by Crippen LogP contribution is -2.21.